The zero-order chi connectivity index (χ0) is 27.0. The number of nitrogens with zero attached hydrogens (tertiary/aromatic N) is 3. The highest BCUT2D eigenvalue weighted by molar-refractivity contribution is 7.09. The van der Waals surface area contributed by atoms with E-state index >= 15 is 0 Å². The van der Waals surface area contributed by atoms with Crippen molar-refractivity contribution in [2.75, 3.05) is 11.1 Å². The van der Waals surface area contributed by atoms with E-state index in [1.54, 1.807) is 34.2 Å². The Balaban J connectivity index is 1.26. The van der Waals surface area contributed by atoms with Crippen LogP contribution in [0.4, 0.5) is 11.4 Å². The van der Waals surface area contributed by atoms with E-state index < -0.39 is 6.04 Å². The third-order valence-corrected chi connectivity index (χ3v) is 6.94. The van der Waals surface area contributed by atoms with Gasteiger partial charge in [-0.2, -0.15) is 0 Å². The number of aromatic nitrogens is 3. The molecule has 0 saturated carbocycles. The van der Waals surface area contributed by atoms with Crippen LogP contribution >= 0.6 is 11.3 Å². The van der Waals surface area contributed by atoms with Crippen LogP contribution in [0.15, 0.2) is 96.4 Å². The first-order valence-electron chi connectivity index (χ1n) is 12.3. The van der Waals surface area contributed by atoms with Gasteiger partial charge < -0.3 is 16.4 Å². The van der Waals surface area contributed by atoms with Gasteiger partial charge >= 0.3 is 0 Å². The van der Waals surface area contributed by atoms with Crippen LogP contribution in [-0.2, 0) is 22.8 Å². The van der Waals surface area contributed by atoms with Gasteiger partial charge in [0.15, 0.2) is 0 Å². The van der Waals surface area contributed by atoms with Crippen LogP contribution in [-0.4, -0.2) is 26.8 Å². The molecule has 0 bridgehead atoms. The SMILES string of the molecule is Nc1ccccc1NC(=O)C=Cc1ccc(C(NCc2cccs2)C(=O)NCn2nnc3ccccc32)cc1. The van der Waals surface area contributed by atoms with Gasteiger partial charge in [0.1, 0.15) is 18.2 Å². The molecule has 0 radical (unpaired) electrons. The molecule has 3 aromatic carbocycles. The first-order chi connectivity index (χ1) is 19.1. The Hall–Kier alpha value is -4.80. The average molecular weight is 538 g/mol. The molecule has 5 rings (SSSR count). The van der Waals surface area contributed by atoms with Crippen LogP contribution in [0.3, 0.4) is 0 Å². The molecule has 1 unspecified atom stereocenters. The second-order valence-corrected chi connectivity index (χ2v) is 9.78. The Morgan fingerprint density at radius 2 is 1.77 bits per heavy atom. The quantitative estimate of drug-likeness (QED) is 0.155. The summed E-state index contributed by atoms with van der Waals surface area (Å²) in [4.78, 5) is 26.8. The fourth-order valence-electron chi connectivity index (χ4n) is 4.02. The molecule has 10 heteroatoms. The number of anilines is 2. The number of amides is 2. The molecule has 39 heavy (non-hydrogen) atoms. The lowest BCUT2D eigenvalue weighted by Gasteiger charge is -2.19. The third kappa shape index (κ3) is 6.56. The highest BCUT2D eigenvalue weighted by Crippen LogP contribution is 2.19. The fourth-order valence-corrected chi connectivity index (χ4v) is 4.68. The minimum Gasteiger partial charge on any atom is -0.397 e. The molecule has 5 aromatic rings. The number of thiophene rings is 1. The van der Waals surface area contributed by atoms with Crippen molar-refractivity contribution >= 4 is 51.6 Å². The third-order valence-electron chi connectivity index (χ3n) is 6.06. The second-order valence-electron chi connectivity index (χ2n) is 8.75. The highest BCUT2D eigenvalue weighted by atomic mass is 32.1. The number of carbonyl (C=O) groups is 2. The van der Waals surface area contributed by atoms with E-state index in [0.717, 1.165) is 27.0 Å². The standard InChI is InChI=1S/C29H27N7O2S/c30-23-7-1-2-8-24(23)33-27(37)16-13-20-11-14-21(15-12-20)28(31-18-22-6-5-17-39-22)29(38)32-19-36-26-10-4-3-9-25(26)34-35-36/h1-17,28,31H,18-19,30H2,(H,32,38)(H,33,37). The number of nitrogens with two attached hydrogens (primary N) is 1. The van der Waals surface area contributed by atoms with Crippen LogP contribution in [0.1, 0.15) is 22.0 Å². The van der Waals surface area contributed by atoms with Crippen LogP contribution < -0.4 is 21.7 Å². The van der Waals surface area contributed by atoms with Crippen LogP contribution in [0.5, 0.6) is 0 Å². The minimum atomic E-state index is -0.593. The van der Waals surface area contributed by atoms with E-state index in [0.29, 0.717) is 17.9 Å². The first kappa shape index (κ1) is 25.8. The predicted octanol–water partition coefficient (Wildman–Crippen LogP) is 4.33. The number of fused-ring (bicyclic) bond motifs is 1. The molecule has 0 spiro atoms. The molecule has 0 aliphatic heterocycles. The van der Waals surface area contributed by atoms with Gasteiger partial charge in [-0.15, -0.1) is 16.4 Å². The summed E-state index contributed by atoms with van der Waals surface area (Å²) in [5.74, 6) is -0.471. The number of rotatable bonds is 10. The van der Waals surface area contributed by atoms with E-state index in [4.69, 9.17) is 5.73 Å². The number of para-hydroxylation sites is 3. The molecule has 0 aliphatic rings. The number of hydrogen-bond acceptors (Lipinski definition) is 7. The number of hydrogen-bond donors (Lipinski definition) is 4. The molecule has 5 N–H and O–H groups in total. The summed E-state index contributed by atoms with van der Waals surface area (Å²) in [5, 5.41) is 19.4. The van der Waals surface area contributed by atoms with Gasteiger partial charge in [-0.25, -0.2) is 4.68 Å². The van der Waals surface area contributed by atoms with Gasteiger partial charge in [0, 0.05) is 17.5 Å². The van der Waals surface area contributed by atoms with E-state index in [1.807, 2.05) is 78.2 Å². The van der Waals surface area contributed by atoms with Crippen LogP contribution in [0.2, 0.25) is 0 Å². The first-order valence-corrected chi connectivity index (χ1v) is 13.2. The summed E-state index contributed by atoms with van der Waals surface area (Å²) in [6.07, 6.45) is 3.16. The molecule has 2 heterocycles. The highest BCUT2D eigenvalue weighted by Gasteiger charge is 2.20. The summed E-state index contributed by atoms with van der Waals surface area (Å²) in [6.45, 7) is 0.741. The topological polar surface area (TPSA) is 127 Å². The average Bonchev–Trinajstić information content (AvgIpc) is 3.63. The number of nitrogens with one attached hydrogen (secondary N) is 3. The van der Waals surface area contributed by atoms with Crippen molar-refractivity contribution in [3.63, 3.8) is 0 Å². The van der Waals surface area contributed by atoms with Crippen molar-refractivity contribution < 1.29 is 9.59 Å². The number of nitrogen functional groups attached to an aromatic ring is 1. The summed E-state index contributed by atoms with van der Waals surface area (Å²) in [7, 11) is 0. The van der Waals surface area contributed by atoms with Crippen LogP contribution in [0, 0.1) is 0 Å². The summed E-state index contributed by atoms with van der Waals surface area (Å²) in [5.41, 5.74) is 10.2. The zero-order valence-electron chi connectivity index (χ0n) is 21.0. The van der Waals surface area contributed by atoms with Gasteiger partial charge in [-0.1, -0.05) is 59.8 Å². The van der Waals surface area contributed by atoms with Gasteiger partial charge in [0.2, 0.25) is 11.8 Å². The Labute approximate surface area is 229 Å². The Bertz CT molecular complexity index is 1590. The maximum atomic E-state index is 13.3. The molecule has 1 atom stereocenters. The lowest BCUT2D eigenvalue weighted by atomic mass is 10.0. The molecule has 0 fully saturated rings. The second kappa shape index (κ2) is 12.2. The molecule has 2 amide bonds. The number of benzene rings is 3. The smallest absolute Gasteiger partial charge is 0.248 e. The molecular formula is C29H27N7O2S. The molecule has 0 aliphatic carbocycles. The van der Waals surface area contributed by atoms with Crippen molar-refractivity contribution in [2.24, 2.45) is 0 Å². The Kier molecular flexibility index (Phi) is 8.06. The molecule has 2 aromatic heterocycles. The zero-order valence-corrected chi connectivity index (χ0v) is 21.8. The maximum Gasteiger partial charge on any atom is 0.248 e. The summed E-state index contributed by atoms with van der Waals surface area (Å²) < 4.78 is 1.66. The molecule has 9 nitrogen and oxygen atoms in total. The van der Waals surface area contributed by atoms with E-state index in [2.05, 4.69) is 26.3 Å². The number of carbonyl (C=O) groups excluding carboxylic acids is 2. The Morgan fingerprint density at radius 1 is 0.974 bits per heavy atom. The van der Waals surface area contributed by atoms with Crippen LogP contribution in [0.25, 0.3) is 17.1 Å². The van der Waals surface area contributed by atoms with E-state index in [-0.39, 0.29) is 18.5 Å². The predicted molar refractivity (Wildman–Crippen MR) is 155 cm³/mol. The fraction of sp³-hybridized carbons (Fsp3) is 0.103. The molecular weight excluding hydrogens is 510 g/mol. The summed E-state index contributed by atoms with van der Waals surface area (Å²) in [6, 6.07) is 25.6. The minimum absolute atomic E-state index is 0.186. The lowest BCUT2D eigenvalue weighted by Crippen LogP contribution is -2.38. The van der Waals surface area contributed by atoms with Crippen molar-refractivity contribution in [2.45, 2.75) is 19.3 Å². The lowest BCUT2D eigenvalue weighted by molar-refractivity contribution is -0.124. The molecule has 196 valence electrons. The van der Waals surface area contributed by atoms with Crippen molar-refractivity contribution in [3.8, 4) is 0 Å². The van der Waals surface area contributed by atoms with E-state index in [9.17, 15) is 9.59 Å². The Morgan fingerprint density at radius 3 is 2.56 bits per heavy atom. The molecule has 0 saturated heterocycles. The van der Waals surface area contributed by atoms with Gasteiger partial charge in [-0.3, -0.25) is 14.9 Å². The van der Waals surface area contributed by atoms with Crippen molar-refractivity contribution in [1.29, 1.82) is 0 Å². The van der Waals surface area contributed by atoms with E-state index in [1.165, 1.54) is 6.08 Å². The van der Waals surface area contributed by atoms with Gasteiger partial charge in [0.05, 0.1) is 16.9 Å². The van der Waals surface area contributed by atoms with Crippen molar-refractivity contribution in [1.82, 2.24) is 25.6 Å². The monoisotopic (exact) mass is 537 g/mol. The largest absolute Gasteiger partial charge is 0.397 e. The van der Waals surface area contributed by atoms with Crippen molar-refractivity contribution in [3.05, 3.63) is 112 Å². The van der Waals surface area contributed by atoms with Gasteiger partial charge in [-0.05, 0) is 52.9 Å². The normalized spacial score (nSPS) is 12.0. The summed E-state index contributed by atoms with van der Waals surface area (Å²) >= 11 is 1.63. The maximum absolute atomic E-state index is 13.3. The van der Waals surface area contributed by atoms with Gasteiger partial charge in [0.25, 0.3) is 0 Å².